The van der Waals surface area contributed by atoms with Crippen molar-refractivity contribution in [3.63, 3.8) is 0 Å². The fourth-order valence-corrected chi connectivity index (χ4v) is 4.08. The molecule has 0 aliphatic heterocycles. The van der Waals surface area contributed by atoms with Crippen molar-refractivity contribution in [1.82, 2.24) is 10.2 Å². The Bertz CT molecular complexity index is 634. The quantitative estimate of drug-likeness (QED) is 0.0586. The molecule has 0 fully saturated rings. The predicted molar refractivity (Wildman–Crippen MR) is 153 cm³/mol. The van der Waals surface area contributed by atoms with Crippen molar-refractivity contribution in [2.75, 3.05) is 0 Å². The zero-order valence-electron chi connectivity index (χ0n) is 24.7. The molecule has 0 aliphatic rings. The second-order valence-electron chi connectivity index (χ2n) is 10.1. The minimum Gasteiger partial charge on any atom is -0.481 e. The van der Waals surface area contributed by atoms with E-state index in [1.165, 1.54) is 70.6 Å². The number of hydrogen-bond acceptors (Lipinski definition) is 7. The van der Waals surface area contributed by atoms with Crippen LogP contribution >= 0.6 is 0 Å². The van der Waals surface area contributed by atoms with E-state index in [-0.39, 0.29) is 25.2 Å². The number of aliphatic carboxylic acids is 2. The van der Waals surface area contributed by atoms with Crippen molar-refractivity contribution < 1.29 is 39.9 Å². The molecule has 0 saturated carbocycles. The summed E-state index contributed by atoms with van der Waals surface area (Å²) < 4.78 is 0. The fraction of sp³-hybridized carbons (Fsp3) is 0.828. The Labute approximate surface area is 235 Å². The fourth-order valence-electron chi connectivity index (χ4n) is 4.08. The summed E-state index contributed by atoms with van der Waals surface area (Å²) in [6.45, 7) is 6.70. The van der Waals surface area contributed by atoms with Gasteiger partial charge in [-0.25, -0.2) is 9.69 Å². The lowest BCUT2D eigenvalue weighted by atomic mass is 10.1. The van der Waals surface area contributed by atoms with Gasteiger partial charge in [0.1, 0.15) is 24.7 Å². The molecule has 0 aliphatic carbocycles. The molecule has 0 aromatic rings. The molecule has 0 heterocycles. The number of nitrogens with zero attached hydrogens (tertiary/aromatic N) is 1. The first kappa shape index (κ1) is 39.1. The highest BCUT2D eigenvalue weighted by atomic mass is 16.4. The van der Waals surface area contributed by atoms with E-state index in [0.717, 1.165) is 38.5 Å². The Morgan fingerprint density at radius 2 is 1.13 bits per heavy atom. The number of carboxylic acid groups (broad SMARTS) is 2. The lowest BCUT2D eigenvalue weighted by Crippen LogP contribution is -2.45. The molecule has 0 saturated heterocycles. The predicted octanol–water partition coefficient (Wildman–Crippen LogP) is 4.76. The number of aliphatic hydroxyl groups is 3. The van der Waals surface area contributed by atoms with Crippen LogP contribution < -0.4 is 5.32 Å². The maximum Gasteiger partial charge on any atom is 0.326 e. The van der Waals surface area contributed by atoms with Gasteiger partial charge in [0.2, 0.25) is 5.91 Å². The number of rotatable bonds is 23. The second kappa shape index (κ2) is 26.2. The summed E-state index contributed by atoms with van der Waals surface area (Å²) >= 11 is 0. The SMILES string of the molecule is CC(O)N(C(C)O)C(C)O.CCCCCCCC/C=C\CCCCCCCC(=O)N[C@@H](CCC(=O)O)C(=O)O. The maximum atomic E-state index is 11.8. The molecule has 6 N–H and O–H groups in total. The van der Waals surface area contributed by atoms with Gasteiger partial charge in [-0.05, 0) is 59.3 Å². The Hall–Kier alpha value is -2.01. The molecule has 4 atom stereocenters. The van der Waals surface area contributed by atoms with Crippen molar-refractivity contribution in [3.05, 3.63) is 12.2 Å². The molecule has 10 heteroatoms. The van der Waals surface area contributed by atoms with Crippen LogP contribution in [0.25, 0.3) is 0 Å². The van der Waals surface area contributed by atoms with Gasteiger partial charge in [-0.2, -0.15) is 0 Å². The number of amides is 1. The molecular formula is C29H56N2O8. The lowest BCUT2D eigenvalue weighted by Gasteiger charge is -2.30. The van der Waals surface area contributed by atoms with Crippen molar-refractivity contribution >= 4 is 17.8 Å². The molecule has 3 unspecified atom stereocenters. The van der Waals surface area contributed by atoms with E-state index in [4.69, 9.17) is 25.5 Å². The van der Waals surface area contributed by atoms with Gasteiger partial charge >= 0.3 is 11.9 Å². The van der Waals surface area contributed by atoms with Crippen LogP contribution in [0, 0.1) is 0 Å². The first-order valence-corrected chi connectivity index (χ1v) is 14.6. The Morgan fingerprint density at radius 3 is 1.51 bits per heavy atom. The van der Waals surface area contributed by atoms with Crippen molar-refractivity contribution in [2.24, 2.45) is 0 Å². The molecule has 1 amide bonds. The highest BCUT2D eigenvalue weighted by molar-refractivity contribution is 5.83. The monoisotopic (exact) mass is 560 g/mol. The summed E-state index contributed by atoms with van der Waals surface area (Å²) in [4.78, 5) is 34.6. The van der Waals surface area contributed by atoms with Gasteiger partial charge in [0.05, 0.1) is 0 Å². The summed E-state index contributed by atoms with van der Waals surface area (Å²) in [6, 6.07) is -1.12. The standard InChI is InChI=1S/C23H41NO5.C6H15NO3/c1-2-3-4-5-6-7-8-9-10-11-12-13-14-15-16-17-21(25)24-20(23(28)29)18-19-22(26)27;1-4(8)7(5(2)9)6(3)10/h9-10,20H,2-8,11-19H2,1H3,(H,24,25)(H,26,27)(H,28,29);4-6,8-10H,1-3H3/b10-9-;/t20-;/m0./s1. The van der Waals surface area contributed by atoms with Crippen LogP contribution in [-0.4, -0.2) is 73.0 Å². The van der Waals surface area contributed by atoms with Gasteiger partial charge in [-0.1, -0.05) is 70.4 Å². The third-order valence-corrected chi connectivity index (χ3v) is 6.24. The van der Waals surface area contributed by atoms with E-state index in [0.29, 0.717) is 0 Å². The van der Waals surface area contributed by atoms with Crippen molar-refractivity contribution in [2.45, 2.75) is 155 Å². The van der Waals surface area contributed by atoms with E-state index in [2.05, 4.69) is 24.4 Å². The molecule has 0 aromatic carbocycles. The van der Waals surface area contributed by atoms with Crippen LogP contribution in [0.4, 0.5) is 0 Å². The summed E-state index contributed by atoms with van der Waals surface area (Å²) in [5.74, 6) is -2.58. The summed E-state index contributed by atoms with van der Waals surface area (Å²) in [5.41, 5.74) is 0. The molecule has 0 spiro atoms. The minimum absolute atomic E-state index is 0.0945. The van der Waals surface area contributed by atoms with Crippen molar-refractivity contribution in [3.8, 4) is 0 Å². The molecule has 0 rings (SSSR count). The maximum absolute atomic E-state index is 11.8. The number of hydrogen-bond donors (Lipinski definition) is 6. The van der Waals surface area contributed by atoms with E-state index >= 15 is 0 Å². The van der Waals surface area contributed by atoms with E-state index in [9.17, 15) is 14.4 Å². The van der Waals surface area contributed by atoms with Gasteiger partial charge in [0.15, 0.2) is 0 Å². The number of allylic oxidation sites excluding steroid dienone is 2. The normalized spacial score (nSPS) is 14.4. The van der Waals surface area contributed by atoms with E-state index in [1.54, 1.807) is 0 Å². The van der Waals surface area contributed by atoms with Gasteiger partial charge < -0.3 is 30.8 Å². The average Bonchev–Trinajstić information content (AvgIpc) is 2.83. The van der Waals surface area contributed by atoms with Gasteiger partial charge in [-0.15, -0.1) is 0 Å². The second-order valence-corrected chi connectivity index (χ2v) is 10.1. The summed E-state index contributed by atoms with van der Waals surface area (Å²) in [7, 11) is 0. The van der Waals surface area contributed by atoms with E-state index in [1.807, 2.05) is 0 Å². The number of aliphatic hydroxyl groups excluding tert-OH is 3. The highest BCUT2D eigenvalue weighted by Crippen LogP contribution is 2.10. The van der Waals surface area contributed by atoms with Crippen LogP contribution in [-0.2, 0) is 14.4 Å². The molecular weight excluding hydrogens is 504 g/mol. The number of carbonyl (C=O) groups is 3. The number of carboxylic acids is 2. The van der Waals surface area contributed by atoms with Crippen LogP contribution in [0.5, 0.6) is 0 Å². The molecule has 0 aromatic heterocycles. The third-order valence-electron chi connectivity index (χ3n) is 6.24. The number of carbonyl (C=O) groups excluding carboxylic acids is 1. The topological polar surface area (TPSA) is 168 Å². The molecule has 0 radical (unpaired) electrons. The minimum atomic E-state index is -1.19. The Balaban J connectivity index is 0. The summed E-state index contributed by atoms with van der Waals surface area (Å²) in [5, 5.41) is 46.9. The molecule has 10 nitrogen and oxygen atoms in total. The van der Waals surface area contributed by atoms with Crippen LogP contribution in [0.2, 0.25) is 0 Å². The lowest BCUT2D eigenvalue weighted by molar-refractivity contribution is -0.159. The first-order valence-electron chi connectivity index (χ1n) is 14.6. The van der Waals surface area contributed by atoms with Crippen LogP contribution in [0.3, 0.4) is 0 Å². The van der Waals surface area contributed by atoms with Crippen molar-refractivity contribution in [1.29, 1.82) is 0 Å². The Kier molecular flexibility index (Phi) is 26.3. The van der Waals surface area contributed by atoms with Gasteiger partial charge in [-0.3, -0.25) is 9.59 Å². The number of unbranched alkanes of at least 4 members (excludes halogenated alkanes) is 11. The molecule has 39 heavy (non-hydrogen) atoms. The average molecular weight is 561 g/mol. The third kappa shape index (κ3) is 26.0. The molecule has 0 bridgehead atoms. The highest BCUT2D eigenvalue weighted by Gasteiger charge is 2.21. The van der Waals surface area contributed by atoms with Gasteiger partial charge in [0.25, 0.3) is 0 Å². The first-order chi connectivity index (χ1) is 18.4. The van der Waals surface area contributed by atoms with Crippen LogP contribution in [0.15, 0.2) is 12.2 Å². The van der Waals surface area contributed by atoms with Gasteiger partial charge in [0, 0.05) is 12.8 Å². The Morgan fingerprint density at radius 1 is 0.692 bits per heavy atom. The zero-order chi connectivity index (χ0) is 30.1. The number of nitrogens with one attached hydrogen (secondary N) is 1. The largest absolute Gasteiger partial charge is 0.481 e. The smallest absolute Gasteiger partial charge is 0.326 e. The van der Waals surface area contributed by atoms with Crippen LogP contribution in [0.1, 0.15) is 130 Å². The summed E-state index contributed by atoms with van der Waals surface area (Å²) in [6.07, 6.45) is 17.4. The molecule has 230 valence electrons. The van der Waals surface area contributed by atoms with E-state index < -0.39 is 36.7 Å². The zero-order valence-corrected chi connectivity index (χ0v) is 24.7.